The standard InChI is InChI=1S/C24H34ClN7O5/c1-24(2,3)37-22(34)28-12-8-7-11-16(30-23(35)36-14-15-9-5-4-6-10-15)13-29-21(33)17-19(26)32-20(27)18(25)31-17/h4-6,9-10,16H,7-8,11-14H2,1-3H3,(H,28,34)(H,29,33)(H,30,35)(H4,26,27,32)/t16-/m0/s1. The van der Waals surface area contributed by atoms with E-state index < -0.39 is 29.7 Å². The van der Waals surface area contributed by atoms with Crippen molar-refractivity contribution >= 4 is 41.3 Å². The average Bonchev–Trinajstić information content (AvgIpc) is 2.82. The summed E-state index contributed by atoms with van der Waals surface area (Å²) < 4.78 is 10.5. The Labute approximate surface area is 220 Å². The van der Waals surface area contributed by atoms with Crippen molar-refractivity contribution in [1.82, 2.24) is 25.9 Å². The Morgan fingerprint density at radius 2 is 1.70 bits per heavy atom. The number of hydrogen-bond donors (Lipinski definition) is 5. The van der Waals surface area contributed by atoms with Crippen LogP contribution in [0.4, 0.5) is 21.2 Å². The van der Waals surface area contributed by atoms with Gasteiger partial charge in [-0.05, 0) is 45.6 Å². The molecular formula is C24H34ClN7O5. The number of carbonyl (C=O) groups excluding carboxylic acids is 3. The number of ether oxygens (including phenoxy) is 2. The van der Waals surface area contributed by atoms with E-state index in [0.717, 1.165) is 5.56 Å². The van der Waals surface area contributed by atoms with Gasteiger partial charge in [-0.25, -0.2) is 19.6 Å². The molecule has 2 aromatic rings. The molecule has 0 saturated heterocycles. The molecule has 1 aromatic heterocycles. The summed E-state index contributed by atoms with van der Waals surface area (Å²) >= 11 is 5.86. The minimum atomic E-state index is -0.634. The molecule has 202 valence electrons. The van der Waals surface area contributed by atoms with Crippen molar-refractivity contribution < 1.29 is 23.9 Å². The molecule has 7 N–H and O–H groups in total. The SMILES string of the molecule is CC(C)(C)OC(=O)NCCCC[C@@H](CNC(=O)c1nc(Cl)c(N)nc1N)NC(=O)OCc1ccccc1. The Morgan fingerprint density at radius 1 is 1.00 bits per heavy atom. The number of alkyl carbamates (subject to hydrolysis) is 2. The summed E-state index contributed by atoms with van der Waals surface area (Å²) in [6.07, 6.45) is 0.603. The molecule has 1 aromatic carbocycles. The van der Waals surface area contributed by atoms with Gasteiger partial charge in [0.2, 0.25) is 0 Å². The van der Waals surface area contributed by atoms with Gasteiger partial charge in [0, 0.05) is 19.1 Å². The first-order valence-corrected chi connectivity index (χ1v) is 12.1. The maximum atomic E-state index is 12.6. The van der Waals surface area contributed by atoms with E-state index in [0.29, 0.717) is 25.8 Å². The monoisotopic (exact) mass is 535 g/mol. The molecule has 12 nitrogen and oxygen atoms in total. The number of nitrogens with two attached hydrogens (primary N) is 2. The molecule has 2 rings (SSSR count). The number of unbranched alkanes of at least 4 members (excludes halogenated alkanes) is 1. The largest absolute Gasteiger partial charge is 0.445 e. The zero-order valence-electron chi connectivity index (χ0n) is 21.2. The summed E-state index contributed by atoms with van der Waals surface area (Å²) in [6.45, 7) is 5.90. The van der Waals surface area contributed by atoms with Gasteiger partial charge in [0.15, 0.2) is 22.5 Å². The number of halogens is 1. The van der Waals surface area contributed by atoms with E-state index >= 15 is 0 Å². The van der Waals surface area contributed by atoms with Crippen LogP contribution in [0, 0.1) is 0 Å². The number of aromatic nitrogens is 2. The van der Waals surface area contributed by atoms with Crippen molar-refractivity contribution in [3.63, 3.8) is 0 Å². The van der Waals surface area contributed by atoms with E-state index in [-0.39, 0.29) is 35.6 Å². The lowest BCUT2D eigenvalue weighted by molar-refractivity contribution is 0.0526. The summed E-state index contributed by atoms with van der Waals surface area (Å²) in [5.74, 6) is -0.876. The van der Waals surface area contributed by atoms with Crippen LogP contribution in [0.2, 0.25) is 5.15 Å². The highest BCUT2D eigenvalue weighted by molar-refractivity contribution is 6.31. The van der Waals surface area contributed by atoms with Gasteiger partial charge in [0.25, 0.3) is 5.91 Å². The molecule has 0 unspecified atom stereocenters. The van der Waals surface area contributed by atoms with Gasteiger partial charge >= 0.3 is 12.2 Å². The van der Waals surface area contributed by atoms with Crippen molar-refractivity contribution in [3.8, 4) is 0 Å². The van der Waals surface area contributed by atoms with Crippen LogP contribution in [-0.2, 0) is 16.1 Å². The van der Waals surface area contributed by atoms with Crippen LogP contribution < -0.4 is 27.4 Å². The Hall–Kier alpha value is -3.80. The topological polar surface area (TPSA) is 184 Å². The maximum absolute atomic E-state index is 12.6. The molecule has 0 saturated carbocycles. The summed E-state index contributed by atoms with van der Waals surface area (Å²) in [4.78, 5) is 44.4. The molecule has 1 heterocycles. The molecule has 1 atom stereocenters. The van der Waals surface area contributed by atoms with Gasteiger partial charge in [0.1, 0.15) is 12.2 Å². The molecule has 0 spiro atoms. The van der Waals surface area contributed by atoms with Crippen LogP contribution >= 0.6 is 11.6 Å². The van der Waals surface area contributed by atoms with Crippen molar-refractivity contribution in [3.05, 3.63) is 46.7 Å². The number of nitrogens with one attached hydrogen (secondary N) is 3. The summed E-state index contributed by atoms with van der Waals surface area (Å²) in [6, 6.07) is 8.76. The fraction of sp³-hybridized carbons (Fsp3) is 0.458. The number of hydrogen-bond acceptors (Lipinski definition) is 9. The van der Waals surface area contributed by atoms with Crippen molar-refractivity contribution in [2.75, 3.05) is 24.6 Å². The second-order valence-corrected chi connectivity index (χ2v) is 9.53. The fourth-order valence-corrected chi connectivity index (χ4v) is 3.21. The van der Waals surface area contributed by atoms with Crippen molar-refractivity contribution in [2.24, 2.45) is 0 Å². The predicted molar refractivity (Wildman–Crippen MR) is 140 cm³/mol. The van der Waals surface area contributed by atoms with E-state index in [2.05, 4.69) is 25.9 Å². The first-order valence-electron chi connectivity index (χ1n) is 11.8. The highest BCUT2D eigenvalue weighted by Crippen LogP contribution is 2.17. The van der Waals surface area contributed by atoms with Gasteiger partial charge in [-0.2, -0.15) is 0 Å². The summed E-state index contributed by atoms with van der Waals surface area (Å²) in [7, 11) is 0. The number of benzene rings is 1. The predicted octanol–water partition coefficient (Wildman–Crippen LogP) is 3.01. The zero-order chi connectivity index (χ0) is 27.4. The first kappa shape index (κ1) is 29.4. The summed E-state index contributed by atoms with van der Waals surface area (Å²) in [5, 5.41) is 7.97. The lowest BCUT2D eigenvalue weighted by Crippen LogP contribution is -2.44. The molecule has 37 heavy (non-hydrogen) atoms. The van der Waals surface area contributed by atoms with Gasteiger partial charge in [-0.15, -0.1) is 0 Å². The average molecular weight is 536 g/mol. The Bertz CT molecular complexity index is 1060. The molecule has 0 bridgehead atoms. The van der Waals surface area contributed by atoms with Crippen LogP contribution in [0.5, 0.6) is 0 Å². The molecule has 0 fully saturated rings. The molecule has 13 heteroatoms. The van der Waals surface area contributed by atoms with Gasteiger partial charge in [-0.1, -0.05) is 41.9 Å². The van der Waals surface area contributed by atoms with Gasteiger partial charge in [-0.3, -0.25) is 4.79 Å². The van der Waals surface area contributed by atoms with Crippen LogP contribution in [0.1, 0.15) is 56.1 Å². The number of anilines is 2. The third-order valence-electron chi connectivity index (χ3n) is 4.81. The van der Waals surface area contributed by atoms with Crippen LogP contribution in [0.15, 0.2) is 30.3 Å². The van der Waals surface area contributed by atoms with E-state index in [1.165, 1.54) is 0 Å². The first-order chi connectivity index (χ1) is 17.4. The molecule has 0 radical (unpaired) electrons. The van der Waals surface area contributed by atoms with E-state index in [4.69, 9.17) is 32.5 Å². The second-order valence-electron chi connectivity index (χ2n) is 9.17. The minimum Gasteiger partial charge on any atom is -0.445 e. The van der Waals surface area contributed by atoms with Gasteiger partial charge < -0.3 is 36.9 Å². The quantitative estimate of drug-likeness (QED) is 0.270. The molecule has 0 aliphatic carbocycles. The van der Waals surface area contributed by atoms with Crippen LogP contribution in [-0.4, -0.2) is 52.8 Å². The number of amides is 3. The lowest BCUT2D eigenvalue weighted by Gasteiger charge is -2.20. The zero-order valence-corrected chi connectivity index (χ0v) is 21.9. The third-order valence-corrected chi connectivity index (χ3v) is 5.09. The molecular weight excluding hydrogens is 502 g/mol. The van der Waals surface area contributed by atoms with E-state index in [9.17, 15) is 14.4 Å². The Morgan fingerprint density at radius 3 is 2.38 bits per heavy atom. The third kappa shape index (κ3) is 11.2. The number of carbonyl (C=O) groups is 3. The Balaban J connectivity index is 1.91. The van der Waals surface area contributed by atoms with Crippen LogP contribution in [0.3, 0.4) is 0 Å². The van der Waals surface area contributed by atoms with Crippen LogP contribution in [0.25, 0.3) is 0 Å². The lowest BCUT2D eigenvalue weighted by atomic mass is 10.1. The maximum Gasteiger partial charge on any atom is 0.407 e. The molecule has 0 aliphatic heterocycles. The highest BCUT2D eigenvalue weighted by atomic mass is 35.5. The molecule has 0 aliphatic rings. The smallest absolute Gasteiger partial charge is 0.407 e. The van der Waals surface area contributed by atoms with Crippen molar-refractivity contribution in [1.29, 1.82) is 0 Å². The number of nitrogens with zero attached hydrogens (tertiary/aromatic N) is 2. The second kappa shape index (κ2) is 14.1. The van der Waals surface area contributed by atoms with Crippen molar-refractivity contribution in [2.45, 2.75) is 58.3 Å². The molecule has 3 amide bonds. The Kier molecular flexibility index (Phi) is 11.2. The number of nitrogen functional groups attached to an aromatic ring is 2. The van der Waals surface area contributed by atoms with E-state index in [1.54, 1.807) is 20.8 Å². The minimum absolute atomic E-state index is 0.0574. The van der Waals surface area contributed by atoms with Gasteiger partial charge in [0.05, 0.1) is 0 Å². The summed E-state index contributed by atoms with van der Waals surface area (Å²) in [5.41, 5.74) is 11.4. The number of rotatable bonds is 11. The van der Waals surface area contributed by atoms with E-state index in [1.807, 2.05) is 30.3 Å². The normalized spacial score (nSPS) is 11.8. The fourth-order valence-electron chi connectivity index (χ4n) is 3.09. The highest BCUT2D eigenvalue weighted by Gasteiger charge is 2.20.